The lowest BCUT2D eigenvalue weighted by Crippen LogP contribution is -2.17. The first-order valence-corrected chi connectivity index (χ1v) is 6.41. The lowest BCUT2D eigenvalue weighted by atomic mass is 10.2. The number of aromatic nitrogens is 2. The van der Waals surface area contributed by atoms with Gasteiger partial charge in [0.1, 0.15) is 17.3 Å². The Morgan fingerprint density at radius 1 is 1.20 bits per heavy atom. The lowest BCUT2D eigenvalue weighted by Gasteiger charge is -2.17. The molecule has 1 aromatic carbocycles. The van der Waals surface area contributed by atoms with Gasteiger partial charge in [0.05, 0.1) is 12.1 Å². The largest absolute Gasteiger partial charge is 0.399 e. The molecule has 0 aliphatic heterocycles. The number of nitrogens with zero attached hydrogens (tertiary/aromatic N) is 3. The molecule has 0 bridgehead atoms. The van der Waals surface area contributed by atoms with Crippen LogP contribution in [0.2, 0.25) is 0 Å². The maximum atomic E-state index is 5.77. The number of hydrogen-bond donors (Lipinski definition) is 1. The average Bonchev–Trinajstić information content (AvgIpc) is 2.83. The summed E-state index contributed by atoms with van der Waals surface area (Å²) in [6.07, 6.45) is 0. The number of benzene rings is 1. The molecule has 0 radical (unpaired) electrons. The van der Waals surface area contributed by atoms with E-state index in [1.165, 1.54) is 0 Å². The maximum absolute atomic E-state index is 5.77. The first-order valence-electron chi connectivity index (χ1n) is 6.41. The van der Waals surface area contributed by atoms with E-state index in [4.69, 9.17) is 10.3 Å². The van der Waals surface area contributed by atoms with Gasteiger partial charge in [-0.2, -0.15) is 0 Å². The molecule has 102 valence electrons. The molecule has 2 heterocycles. The van der Waals surface area contributed by atoms with Crippen molar-refractivity contribution >= 4 is 22.4 Å². The second-order valence-electron chi connectivity index (χ2n) is 4.91. The summed E-state index contributed by atoms with van der Waals surface area (Å²) in [6.45, 7) is 2.54. The summed E-state index contributed by atoms with van der Waals surface area (Å²) in [5.41, 5.74) is 8.34. The van der Waals surface area contributed by atoms with E-state index in [-0.39, 0.29) is 0 Å². The first-order chi connectivity index (χ1) is 9.61. The summed E-state index contributed by atoms with van der Waals surface area (Å²) in [7, 11) is 1.98. The van der Waals surface area contributed by atoms with Crippen LogP contribution in [-0.4, -0.2) is 17.2 Å². The van der Waals surface area contributed by atoms with Gasteiger partial charge in [-0.15, -0.1) is 0 Å². The van der Waals surface area contributed by atoms with Crippen LogP contribution in [0, 0.1) is 6.92 Å². The van der Waals surface area contributed by atoms with Crippen molar-refractivity contribution in [2.45, 2.75) is 13.5 Å². The zero-order valence-corrected chi connectivity index (χ0v) is 11.5. The van der Waals surface area contributed by atoms with E-state index in [0.717, 1.165) is 33.9 Å². The van der Waals surface area contributed by atoms with Crippen LogP contribution in [0.3, 0.4) is 0 Å². The molecule has 0 atom stereocenters. The molecule has 0 spiro atoms. The molecule has 2 aromatic heterocycles. The van der Waals surface area contributed by atoms with Crippen LogP contribution in [0.15, 0.2) is 40.9 Å². The average molecular weight is 268 g/mol. The molecular formula is C15H16N4O. The third-order valence-corrected chi connectivity index (χ3v) is 3.17. The Hall–Kier alpha value is -2.56. The van der Waals surface area contributed by atoms with Crippen molar-refractivity contribution in [3.8, 4) is 0 Å². The molecule has 0 saturated heterocycles. The van der Waals surface area contributed by atoms with Gasteiger partial charge in [0.2, 0.25) is 0 Å². The number of fused-ring (bicyclic) bond motifs is 1. The van der Waals surface area contributed by atoms with Crippen molar-refractivity contribution in [2.24, 2.45) is 0 Å². The van der Waals surface area contributed by atoms with Gasteiger partial charge in [0, 0.05) is 24.2 Å². The molecular weight excluding hydrogens is 252 g/mol. The number of rotatable bonds is 3. The van der Waals surface area contributed by atoms with Gasteiger partial charge in [-0.05, 0) is 37.3 Å². The number of anilines is 2. The minimum atomic E-state index is 0.658. The highest BCUT2D eigenvalue weighted by molar-refractivity contribution is 5.83. The number of pyridine rings is 1. The predicted molar refractivity (Wildman–Crippen MR) is 79.5 cm³/mol. The molecule has 5 heteroatoms. The zero-order valence-electron chi connectivity index (χ0n) is 11.5. The maximum Gasteiger partial charge on any atom is 0.133 e. The summed E-state index contributed by atoms with van der Waals surface area (Å²) < 4.78 is 5.07. The lowest BCUT2D eigenvalue weighted by molar-refractivity contribution is 0.390. The fourth-order valence-electron chi connectivity index (χ4n) is 2.16. The minimum absolute atomic E-state index is 0.658. The standard InChI is InChI=1S/C15H16N4O/c1-10-7-13(18-20-10)9-19(2)15-6-3-11-8-12(16)4-5-14(11)17-15/h3-8H,9,16H2,1-2H3. The molecule has 5 nitrogen and oxygen atoms in total. The molecule has 20 heavy (non-hydrogen) atoms. The highest BCUT2D eigenvalue weighted by Gasteiger charge is 2.08. The molecule has 2 N–H and O–H groups in total. The van der Waals surface area contributed by atoms with Gasteiger partial charge < -0.3 is 15.2 Å². The monoisotopic (exact) mass is 268 g/mol. The van der Waals surface area contributed by atoms with Gasteiger partial charge in [-0.1, -0.05) is 5.16 Å². The van der Waals surface area contributed by atoms with Crippen LogP contribution in [0.4, 0.5) is 11.5 Å². The summed E-state index contributed by atoms with van der Waals surface area (Å²) in [4.78, 5) is 6.67. The van der Waals surface area contributed by atoms with Gasteiger partial charge in [-0.25, -0.2) is 4.98 Å². The van der Waals surface area contributed by atoms with E-state index in [9.17, 15) is 0 Å². The molecule has 0 aliphatic rings. The van der Waals surface area contributed by atoms with Gasteiger partial charge in [-0.3, -0.25) is 0 Å². The van der Waals surface area contributed by atoms with Crippen LogP contribution < -0.4 is 10.6 Å². The van der Waals surface area contributed by atoms with Crippen molar-refractivity contribution in [3.63, 3.8) is 0 Å². The topological polar surface area (TPSA) is 68.2 Å². The first kappa shape index (κ1) is 12.5. The van der Waals surface area contributed by atoms with Crippen LogP contribution in [0.1, 0.15) is 11.5 Å². The smallest absolute Gasteiger partial charge is 0.133 e. The Bertz CT molecular complexity index is 750. The molecule has 0 unspecified atom stereocenters. The second-order valence-corrected chi connectivity index (χ2v) is 4.91. The Morgan fingerprint density at radius 3 is 2.80 bits per heavy atom. The fraction of sp³-hybridized carbons (Fsp3) is 0.200. The number of aryl methyl sites for hydroxylation is 1. The predicted octanol–water partition coefficient (Wildman–Crippen LogP) is 2.75. The highest BCUT2D eigenvalue weighted by Crippen LogP contribution is 2.20. The van der Waals surface area contributed by atoms with Crippen molar-refractivity contribution in [2.75, 3.05) is 17.7 Å². The Labute approximate surface area is 117 Å². The van der Waals surface area contributed by atoms with Crippen LogP contribution in [-0.2, 0) is 6.54 Å². The highest BCUT2D eigenvalue weighted by atomic mass is 16.5. The Morgan fingerprint density at radius 2 is 2.05 bits per heavy atom. The normalized spacial score (nSPS) is 10.9. The SMILES string of the molecule is Cc1cc(CN(C)c2ccc3cc(N)ccc3n2)no1. The summed E-state index contributed by atoms with van der Waals surface area (Å²) in [6, 6.07) is 11.7. The van der Waals surface area contributed by atoms with Crippen molar-refractivity contribution < 1.29 is 4.52 Å². The van der Waals surface area contributed by atoms with Crippen LogP contribution >= 0.6 is 0 Å². The van der Waals surface area contributed by atoms with Gasteiger partial charge in [0.25, 0.3) is 0 Å². The van der Waals surface area contributed by atoms with Crippen molar-refractivity contribution in [1.29, 1.82) is 0 Å². The molecule has 3 aromatic rings. The fourth-order valence-corrected chi connectivity index (χ4v) is 2.16. The van der Waals surface area contributed by atoms with Gasteiger partial charge >= 0.3 is 0 Å². The van der Waals surface area contributed by atoms with E-state index in [1.54, 1.807) is 0 Å². The molecule has 0 saturated carbocycles. The van der Waals surface area contributed by atoms with E-state index in [2.05, 4.69) is 10.1 Å². The third-order valence-electron chi connectivity index (χ3n) is 3.17. The van der Waals surface area contributed by atoms with E-state index < -0.39 is 0 Å². The quantitative estimate of drug-likeness (QED) is 0.740. The van der Waals surface area contributed by atoms with Crippen LogP contribution in [0.5, 0.6) is 0 Å². The summed E-state index contributed by atoms with van der Waals surface area (Å²) in [5, 5.41) is 5.04. The van der Waals surface area contributed by atoms with Gasteiger partial charge in [0.15, 0.2) is 0 Å². The van der Waals surface area contributed by atoms with Crippen molar-refractivity contribution in [1.82, 2.24) is 10.1 Å². The molecule has 0 aliphatic carbocycles. The number of hydrogen-bond acceptors (Lipinski definition) is 5. The number of nitrogen functional groups attached to an aromatic ring is 1. The minimum Gasteiger partial charge on any atom is -0.399 e. The molecule has 3 rings (SSSR count). The van der Waals surface area contributed by atoms with Crippen molar-refractivity contribution in [3.05, 3.63) is 47.9 Å². The van der Waals surface area contributed by atoms with E-state index >= 15 is 0 Å². The molecule has 0 amide bonds. The number of nitrogens with two attached hydrogens (primary N) is 1. The summed E-state index contributed by atoms with van der Waals surface area (Å²) in [5.74, 6) is 1.71. The Balaban J connectivity index is 1.87. The third kappa shape index (κ3) is 2.42. The Kier molecular flexibility index (Phi) is 3.02. The van der Waals surface area contributed by atoms with Crippen LogP contribution in [0.25, 0.3) is 10.9 Å². The van der Waals surface area contributed by atoms with E-state index in [0.29, 0.717) is 6.54 Å². The zero-order chi connectivity index (χ0) is 14.1. The summed E-state index contributed by atoms with van der Waals surface area (Å²) >= 11 is 0. The van der Waals surface area contributed by atoms with E-state index in [1.807, 2.05) is 55.3 Å². The second kappa shape index (κ2) is 4.85. The molecule has 0 fully saturated rings.